The molecule has 7 heteroatoms. The molecule has 2 aromatic carbocycles. The highest BCUT2D eigenvalue weighted by Gasteiger charge is 2.25. The molecule has 3 aromatic rings. The SMILES string of the molecule is COc1cccc(-c2nc3c([nH]2)CN(C(=O)c2ccc(Cl)c(F)c2)CC3)c1. The number of methoxy groups -OCH3 is 1. The average molecular weight is 386 g/mol. The van der Waals surface area contributed by atoms with Crippen molar-refractivity contribution in [2.24, 2.45) is 0 Å². The number of nitrogens with one attached hydrogen (secondary N) is 1. The lowest BCUT2D eigenvalue weighted by molar-refractivity contribution is 0.0731. The summed E-state index contributed by atoms with van der Waals surface area (Å²) >= 11 is 5.70. The number of benzene rings is 2. The van der Waals surface area contributed by atoms with Crippen LogP contribution in [0.2, 0.25) is 5.02 Å². The second kappa shape index (κ2) is 7.04. The van der Waals surface area contributed by atoms with Crippen LogP contribution in [0, 0.1) is 5.82 Å². The lowest BCUT2D eigenvalue weighted by Gasteiger charge is -2.26. The summed E-state index contributed by atoms with van der Waals surface area (Å²) in [5.41, 5.74) is 3.04. The van der Waals surface area contributed by atoms with Crippen molar-refractivity contribution in [1.29, 1.82) is 0 Å². The summed E-state index contributed by atoms with van der Waals surface area (Å²) in [6.07, 6.45) is 0.637. The maximum absolute atomic E-state index is 13.7. The van der Waals surface area contributed by atoms with E-state index in [1.54, 1.807) is 12.0 Å². The van der Waals surface area contributed by atoms with Gasteiger partial charge in [0.25, 0.3) is 5.91 Å². The van der Waals surface area contributed by atoms with Crippen LogP contribution < -0.4 is 4.74 Å². The molecule has 5 nitrogen and oxygen atoms in total. The number of H-pyrrole nitrogens is 1. The number of hydrogen-bond donors (Lipinski definition) is 1. The van der Waals surface area contributed by atoms with Gasteiger partial charge in [-0.05, 0) is 30.3 Å². The molecule has 1 amide bonds. The van der Waals surface area contributed by atoms with Crippen LogP contribution in [-0.4, -0.2) is 34.4 Å². The molecule has 0 unspecified atom stereocenters. The first-order valence-corrected chi connectivity index (χ1v) is 8.89. The smallest absolute Gasteiger partial charge is 0.254 e. The predicted octanol–water partition coefficient (Wildman–Crippen LogP) is 4.08. The van der Waals surface area contributed by atoms with E-state index in [1.165, 1.54) is 18.2 Å². The van der Waals surface area contributed by atoms with E-state index in [2.05, 4.69) is 9.97 Å². The van der Waals surface area contributed by atoms with E-state index in [0.717, 1.165) is 28.5 Å². The zero-order valence-corrected chi connectivity index (χ0v) is 15.4. The summed E-state index contributed by atoms with van der Waals surface area (Å²) in [6, 6.07) is 11.7. The average Bonchev–Trinajstić information content (AvgIpc) is 3.13. The van der Waals surface area contributed by atoms with Gasteiger partial charge in [-0.2, -0.15) is 0 Å². The second-order valence-electron chi connectivity index (χ2n) is 6.35. The third-order valence-corrected chi connectivity index (χ3v) is 4.94. The predicted molar refractivity (Wildman–Crippen MR) is 100 cm³/mol. The van der Waals surface area contributed by atoms with Gasteiger partial charge in [0.1, 0.15) is 17.4 Å². The number of imidazole rings is 1. The monoisotopic (exact) mass is 385 g/mol. The number of fused-ring (bicyclic) bond motifs is 1. The van der Waals surface area contributed by atoms with E-state index in [9.17, 15) is 9.18 Å². The van der Waals surface area contributed by atoms with Gasteiger partial charge in [-0.1, -0.05) is 23.7 Å². The van der Waals surface area contributed by atoms with Gasteiger partial charge in [0.15, 0.2) is 0 Å². The van der Waals surface area contributed by atoms with Gasteiger partial charge >= 0.3 is 0 Å². The normalized spacial score (nSPS) is 13.4. The number of aromatic amines is 1. The molecule has 4 rings (SSSR count). The minimum Gasteiger partial charge on any atom is -0.497 e. The molecule has 0 spiro atoms. The second-order valence-corrected chi connectivity index (χ2v) is 6.76. The number of hydrogen-bond acceptors (Lipinski definition) is 3. The molecule has 1 aliphatic rings. The van der Waals surface area contributed by atoms with E-state index >= 15 is 0 Å². The van der Waals surface area contributed by atoms with E-state index in [4.69, 9.17) is 16.3 Å². The fourth-order valence-corrected chi connectivity index (χ4v) is 3.30. The molecule has 138 valence electrons. The molecular formula is C20H17ClFN3O2. The number of aromatic nitrogens is 2. The van der Waals surface area contributed by atoms with E-state index in [-0.39, 0.29) is 16.5 Å². The topological polar surface area (TPSA) is 58.2 Å². The maximum Gasteiger partial charge on any atom is 0.254 e. The Morgan fingerprint density at radius 1 is 1.30 bits per heavy atom. The van der Waals surface area contributed by atoms with Gasteiger partial charge in [0.05, 0.1) is 30.1 Å². The van der Waals surface area contributed by atoms with Crippen LogP contribution in [0.5, 0.6) is 5.75 Å². The Hall–Kier alpha value is -2.86. The van der Waals surface area contributed by atoms with Crippen LogP contribution in [-0.2, 0) is 13.0 Å². The van der Waals surface area contributed by atoms with E-state index in [0.29, 0.717) is 19.5 Å². The Balaban J connectivity index is 1.57. The zero-order valence-electron chi connectivity index (χ0n) is 14.6. The molecule has 1 aliphatic heterocycles. The summed E-state index contributed by atoms with van der Waals surface area (Å²) in [5, 5.41) is 0.00368. The Kier molecular flexibility index (Phi) is 4.58. The zero-order chi connectivity index (χ0) is 19.0. The molecule has 0 aliphatic carbocycles. The van der Waals surface area contributed by atoms with Crippen molar-refractivity contribution < 1.29 is 13.9 Å². The van der Waals surface area contributed by atoms with Crippen molar-refractivity contribution in [2.45, 2.75) is 13.0 Å². The maximum atomic E-state index is 13.7. The van der Waals surface area contributed by atoms with Crippen LogP contribution in [0.1, 0.15) is 21.7 Å². The first-order chi connectivity index (χ1) is 13.0. The van der Waals surface area contributed by atoms with Gasteiger partial charge in [-0.3, -0.25) is 4.79 Å². The fourth-order valence-electron chi connectivity index (χ4n) is 3.19. The van der Waals surface area contributed by atoms with E-state index in [1.807, 2.05) is 24.3 Å². The molecule has 0 radical (unpaired) electrons. The molecular weight excluding hydrogens is 369 g/mol. The first kappa shape index (κ1) is 17.5. The van der Waals surface area contributed by atoms with Gasteiger partial charge in [-0.15, -0.1) is 0 Å². The van der Waals surface area contributed by atoms with Crippen molar-refractivity contribution in [1.82, 2.24) is 14.9 Å². The number of ether oxygens (including phenoxy) is 1. The fraction of sp³-hybridized carbons (Fsp3) is 0.200. The number of rotatable bonds is 3. The molecule has 1 aromatic heterocycles. The van der Waals surface area contributed by atoms with Crippen LogP contribution >= 0.6 is 11.6 Å². The van der Waals surface area contributed by atoms with Crippen molar-refractivity contribution >= 4 is 17.5 Å². The molecule has 0 fully saturated rings. The van der Waals surface area contributed by atoms with Crippen LogP contribution in [0.25, 0.3) is 11.4 Å². The molecule has 0 atom stereocenters. The van der Waals surface area contributed by atoms with Crippen LogP contribution in [0.4, 0.5) is 4.39 Å². The number of carbonyl (C=O) groups excluding carboxylic acids is 1. The molecule has 27 heavy (non-hydrogen) atoms. The molecule has 2 heterocycles. The Morgan fingerprint density at radius 2 is 2.15 bits per heavy atom. The summed E-state index contributed by atoms with van der Waals surface area (Å²) < 4.78 is 18.9. The largest absolute Gasteiger partial charge is 0.497 e. The van der Waals surface area contributed by atoms with Crippen LogP contribution in [0.3, 0.4) is 0 Å². The highest BCUT2D eigenvalue weighted by Crippen LogP contribution is 2.26. The third-order valence-electron chi connectivity index (χ3n) is 4.63. The lowest BCUT2D eigenvalue weighted by Crippen LogP contribution is -2.36. The van der Waals surface area contributed by atoms with Gasteiger partial charge in [0.2, 0.25) is 0 Å². The highest BCUT2D eigenvalue weighted by atomic mass is 35.5. The minimum absolute atomic E-state index is 0.00368. The molecule has 0 saturated carbocycles. The lowest BCUT2D eigenvalue weighted by atomic mass is 10.1. The molecule has 0 saturated heterocycles. The van der Waals surface area contributed by atoms with Crippen LogP contribution in [0.15, 0.2) is 42.5 Å². The number of halogens is 2. The Morgan fingerprint density at radius 3 is 2.93 bits per heavy atom. The van der Waals surface area contributed by atoms with Gasteiger partial charge in [-0.25, -0.2) is 9.37 Å². The quantitative estimate of drug-likeness (QED) is 0.739. The summed E-state index contributed by atoms with van der Waals surface area (Å²) in [5.74, 6) is 0.671. The first-order valence-electron chi connectivity index (χ1n) is 8.51. The van der Waals surface area contributed by atoms with E-state index < -0.39 is 5.82 Å². The number of nitrogens with zero attached hydrogens (tertiary/aromatic N) is 2. The van der Waals surface area contributed by atoms with Gasteiger partial charge < -0.3 is 14.6 Å². The Labute approximate surface area is 160 Å². The minimum atomic E-state index is -0.595. The van der Waals surface area contributed by atoms with Gasteiger partial charge in [0, 0.05) is 24.1 Å². The highest BCUT2D eigenvalue weighted by molar-refractivity contribution is 6.30. The summed E-state index contributed by atoms with van der Waals surface area (Å²) in [4.78, 5) is 22.3. The summed E-state index contributed by atoms with van der Waals surface area (Å²) in [6.45, 7) is 0.924. The third kappa shape index (κ3) is 3.40. The number of carbonyl (C=O) groups is 1. The Bertz CT molecular complexity index is 1020. The molecule has 0 bridgehead atoms. The standard InChI is InChI=1S/C20H17ClFN3O2/c1-27-14-4-2-3-12(9-14)19-23-17-7-8-25(11-18(17)24-19)20(26)13-5-6-15(21)16(22)10-13/h2-6,9-10H,7-8,11H2,1H3,(H,23,24). The van der Waals surface area contributed by atoms with Crippen molar-refractivity contribution in [3.8, 4) is 17.1 Å². The number of amides is 1. The van der Waals surface area contributed by atoms with Crippen molar-refractivity contribution in [2.75, 3.05) is 13.7 Å². The molecule has 1 N–H and O–H groups in total. The summed E-state index contributed by atoms with van der Waals surface area (Å²) in [7, 11) is 1.62. The van der Waals surface area contributed by atoms with Crippen molar-refractivity contribution in [3.63, 3.8) is 0 Å². The van der Waals surface area contributed by atoms with Crippen molar-refractivity contribution in [3.05, 3.63) is 70.3 Å².